The highest BCUT2D eigenvalue weighted by molar-refractivity contribution is 5.70. The first-order chi connectivity index (χ1) is 9.69. The van der Waals surface area contributed by atoms with E-state index in [4.69, 9.17) is 9.26 Å². The van der Waals surface area contributed by atoms with Crippen LogP contribution < -0.4 is 10.1 Å². The summed E-state index contributed by atoms with van der Waals surface area (Å²) in [6.45, 7) is 5.02. The lowest BCUT2D eigenvalue weighted by atomic mass is 9.89. The molecule has 0 atom stereocenters. The maximum atomic E-state index is 5.60. The minimum atomic E-state index is 0.443. The molecule has 0 fully saturated rings. The van der Waals surface area contributed by atoms with Gasteiger partial charge < -0.3 is 14.6 Å². The normalized spacial score (nSPS) is 13.2. The van der Waals surface area contributed by atoms with Gasteiger partial charge in [-0.05, 0) is 30.5 Å². The maximum absolute atomic E-state index is 5.60. The predicted molar refractivity (Wildman–Crippen MR) is 77.9 cm³/mol. The summed E-state index contributed by atoms with van der Waals surface area (Å²) in [4.78, 5) is 0. The minimum absolute atomic E-state index is 0.443. The maximum Gasteiger partial charge on any atom is 0.170 e. The van der Waals surface area contributed by atoms with Crippen molar-refractivity contribution in [2.75, 3.05) is 7.11 Å². The van der Waals surface area contributed by atoms with E-state index in [-0.39, 0.29) is 0 Å². The third-order valence-corrected chi connectivity index (χ3v) is 3.75. The number of fused-ring (bicyclic) bond motifs is 3. The van der Waals surface area contributed by atoms with Gasteiger partial charge in [-0.3, -0.25) is 0 Å². The molecule has 0 saturated carbocycles. The number of methoxy groups -OCH3 is 1. The molecule has 0 spiro atoms. The SMILES string of the molecule is COc1ccc2c(c1)-c1onc(CNC(C)C)c1CC2. The van der Waals surface area contributed by atoms with Gasteiger partial charge in [0.15, 0.2) is 5.76 Å². The van der Waals surface area contributed by atoms with Crippen molar-refractivity contribution in [3.05, 3.63) is 35.0 Å². The zero-order valence-electron chi connectivity index (χ0n) is 12.2. The zero-order valence-corrected chi connectivity index (χ0v) is 12.2. The summed E-state index contributed by atoms with van der Waals surface area (Å²) in [7, 11) is 1.68. The number of hydrogen-bond donors (Lipinski definition) is 1. The Morgan fingerprint density at radius 1 is 1.35 bits per heavy atom. The van der Waals surface area contributed by atoms with Crippen LogP contribution in [0.3, 0.4) is 0 Å². The highest BCUT2D eigenvalue weighted by Crippen LogP contribution is 2.37. The van der Waals surface area contributed by atoms with E-state index < -0.39 is 0 Å². The van der Waals surface area contributed by atoms with E-state index in [0.717, 1.165) is 42.2 Å². The molecule has 106 valence electrons. The first-order valence-corrected chi connectivity index (χ1v) is 7.07. The molecule has 3 rings (SSSR count). The third kappa shape index (κ3) is 2.31. The van der Waals surface area contributed by atoms with Crippen molar-refractivity contribution in [3.8, 4) is 17.1 Å². The second kappa shape index (κ2) is 5.29. The number of ether oxygens (including phenoxy) is 1. The van der Waals surface area contributed by atoms with E-state index in [9.17, 15) is 0 Å². The smallest absolute Gasteiger partial charge is 0.170 e. The van der Waals surface area contributed by atoms with Crippen LogP contribution in [0.4, 0.5) is 0 Å². The van der Waals surface area contributed by atoms with Crippen molar-refractivity contribution >= 4 is 0 Å². The van der Waals surface area contributed by atoms with Gasteiger partial charge in [0.1, 0.15) is 11.4 Å². The molecule has 4 heteroatoms. The van der Waals surface area contributed by atoms with Gasteiger partial charge in [0.25, 0.3) is 0 Å². The van der Waals surface area contributed by atoms with Crippen molar-refractivity contribution in [1.29, 1.82) is 0 Å². The van der Waals surface area contributed by atoms with Crippen LogP contribution in [-0.4, -0.2) is 18.3 Å². The minimum Gasteiger partial charge on any atom is -0.497 e. The Balaban J connectivity index is 1.96. The molecule has 1 N–H and O–H groups in total. The molecule has 4 nitrogen and oxygen atoms in total. The van der Waals surface area contributed by atoms with Crippen LogP contribution in [0.15, 0.2) is 22.7 Å². The lowest BCUT2D eigenvalue weighted by Crippen LogP contribution is -2.22. The highest BCUT2D eigenvalue weighted by atomic mass is 16.5. The fraction of sp³-hybridized carbons (Fsp3) is 0.438. The number of nitrogens with zero attached hydrogens (tertiary/aromatic N) is 1. The Bertz CT molecular complexity index is 617. The van der Waals surface area contributed by atoms with E-state index in [1.54, 1.807) is 7.11 Å². The molecule has 1 aliphatic rings. The summed E-state index contributed by atoms with van der Waals surface area (Å²) in [6.07, 6.45) is 2.02. The zero-order chi connectivity index (χ0) is 14.1. The van der Waals surface area contributed by atoms with Gasteiger partial charge in [0.05, 0.1) is 7.11 Å². The molecule has 0 unspecified atom stereocenters. The summed E-state index contributed by atoms with van der Waals surface area (Å²) >= 11 is 0. The molecule has 0 amide bonds. The molecule has 1 aromatic carbocycles. The lowest BCUT2D eigenvalue weighted by Gasteiger charge is -2.16. The number of rotatable bonds is 4. The molecular formula is C16H20N2O2. The average molecular weight is 272 g/mol. The van der Waals surface area contributed by atoms with Crippen LogP contribution in [0, 0.1) is 0 Å². The van der Waals surface area contributed by atoms with Gasteiger partial charge in [-0.1, -0.05) is 25.1 Å². The van der Waals surface area contributed by atoms with E-state index in [2.05, 4.69) is 30.4 Å². The van der Waals surface area contributed by atoms with Crippen molar-refractivity contribution in [3.63, 3.8) is 0 Å². The largest absolute Gasteiger partial charge is 0.497 e. The van der Waals surface area contributed by atoms with Crippen molar-refractivity contribution in [2.24, 2.45) is 0 Å². The van der Waals surface area contributed by atoms with Gasteiger partial charge in [-0.15, -0.1) is 0 Å². The second-order valence-electron chi connectivity index (χ2n) is 5.50. The van der Waals surface area contributed by atoms with Gasteiger partial charge in [0, 0.05) is 23.7 Å². The van der Waals surface area contributed by atoms with Crippen LogP contribution in [0.25, 0.3) is 11.3 Å². The van der Waals surface area contributed by atoms with Crippen LogP contribution >= 0.6 is 0 Å². The van der Waals surface area contributed by atoms with Gasteiger partial charge in [0.2, 0.25) is 0 Å². The van der Waals surface area contributed by atoms with Crippen molar-refractivity contribution < 1.29 is 9.26 Å². The standard InChI is InChI=1S/C16H20N2O2/c1-10(2)17-9-15-13-7-5-11-4-6-12(19-3)8-14(11)16(13)20-18-15/h4,6,8,10,17H,5,7,9H2,1-3H3. The first-order valence-electron chi connectivity index (χ1n) is 7.07. The van der Waals surface area contributed by atoms with Gasteiger partial charge >= 0.3 is 0 Å². The summed E-state index contributed by atoms with van der Waals surface area (Å²) in [5.41, 5.74) is 4.69. The number of nitrogens with one attached hydrogen (secondary N) is 1. The second-order valence-corrected chi connectivity index (χ2v) is 5.50. The van der Waals surface area contributed by atoms with Crippen LogP contribution in [-0.2, 0) is 19.4 Å². The fourth-order valence-electron chi connectivity index (χ4n) is 2.62. The van der Waals surface area contributed by atoms with Crippen LogP contribution in [0.2, 0.25) is 0 Å². The Hall–Kier alpha value is -1.81. The molecule has 1 aromatic heterocycles. The number of aryl methyl sites for hydroxylation is 1. The molecule has 1 heterocycles. The topological polar surface area (TPSA) is 47.3 Å². The predicted octanol–water partition coefficient (Wildman–Crippen LogP) is 2.95. The number of benzene rings is 1. The monoisotopic (exact) mass is 272 g/mol. The Morgan fingerprint density at radius 2 is 2.20 bits per heavy atom. The molecule has 0 bridgehead atoms. The quantitative estimate of drug-likeness (QED) is 0.929. The van der Waals surface area contributed by atoms with E-state index in [0.29, 0.717) is 6.04 Å². The molecule has 2 aromatic rings. The summed E-state index contributed by atoms with van der Waals surface area (Å²) < 4.78 is 10.9. The van der Waals surface area contributed by atoms with Gasteiger partial charge in [-0.2, -0.15) is 0 Å². The fourth-order valence-corrected chi connectivity index (χ4v) is 2.62. The van der Waals surface area contributed by atoms with E-state index >= 15 is 0 Å². The molecule has 0 aliphatic heterocycles. The van der Waals surface area contributed by atoms with Gasteiger partial charge in [-0.25, -0.2) is 0 Å². The van der Waals surface area contributed by atoms with Crippen LogP contribution in [0.5, 0.6) is 5.75 Å². The number of hydrogen-bond acceptors (Lipinski definition) is 4. The average Bonchev–Trinajstić information content (AvgIpc) is 2.88. The Kier molecular flexibility index (Phi) is 3.49. The molecular weight excluding hydrogens is 252 g/mol. The molecule has 0 radical (unpaired) electrons. The number of aromatic nitrogens is 1. The highest BCUT2D eigenvalue weighted by Gasteiger charge is 2.24. The van der Waals surface area contributed by atoms with Crippen LogP contribution in [0.1, 0.15) is 30.7 Å². The third-order valence-electron chi connectivity index (χ3n) is 3.75. The Morgan fingerprint density at radius 3 is 2.95 bits per heavy atom. The summed E-state index contributed by atoms with van der Waals surface area (Å²) in [5.74, 6) is 1.76. The van der Waals surface area contributed by atoms with E-state index in [1.807, 2.05) is 12.1 Å². The van der Waals surface area contributed by atoms with E-state index in [1.165, 1.54) is 11.1 Å². The summed E-state index contributed by atoms with van der Waals surface area (Å²) in [5, 5.41) is 7.64. The van der Waals surface area contributed by atoms with Crippen molar-refractivity contribution in [1.82, 2.24) is 10.5 Å². The molecule has 0 saturated heterocycles. The molecule has 20 heavy (non-hydrogen) atoms. The summed E-state index contributed by atoms with van der Waals surface area (Å²) in [6, 6.07) is 6.60. The Labute approximate surface area is 119 Å². The molecule has 1 aliphatic carbocycles. The van der Waals surface area contributed by atoms with Crippen molar-refractivity contribution in [2.45, 2.75) is 39.3 Å². The first kappa shape index (κ1) is 13.2. The lowest BCUT2D eigenvalue weighted by molar-refractivity contribution is 0.410.